The number of hydrogen-bond acceptors (Lipinski definition) is 4. The second-order valence-electron chi connectivity index (χ2n) is 5.77. The summed E-state index contributed by atoms with van der Waals surface area (Å²) in [5.41, 5.74) is 6.08. The van der Waals surface area contributed by atoms with E-state index in [4.69, 9.17) is 0 Å². The zero-order valence-electron chi connectivity index (χ0n) is 13.8. The van der Waals surface area contributed by atoms with E-state index in [1.54, 1.807) is 6.20 Å². The van der Waals surface area contributed by atoms with Gasteiger partial charge in [-0.1, -0.05) is 18.2 Å². The van der Waals surface area contributed by atoms with Crippen molar-refractivity contribution in [1.29, 1.82) is 0 Å². The highest BCUT2D eigenvalue weighted by Crippen LogP contribution is 2.22. The van der Waals surface area contributed by atoms with Gasteiger partial charge in [-0.3, -0.25) is 10.1 Å². The van der Waals surface area contributed by atoms with Gasteiger partial charge in [-0.2, -0.15) is 10.2 Å². The molecule has 4 aromatic rings. The van der Waals surface area contributed by atoms with E-state index in [9.17, 15) is 0 Å². The first-order chi connectivity index (χ1) is 12.3. The Morgan fingerprint density at radius 2 is 1.96 bits per heavy atom. The Labute approximate surface area is 145 Å². The van der Waals surface area contributed by atoms with Crippen LogP contribution in [0.1, 0.15) is 11.3 Å². The number of hydrogen-bond donors (Lipinski definition) is 2. The molecule has 0 aliphatic heterocycles. The van der Waals surface area contributed by atoms with Gasteiger partial charge < -0.3 is 5.32 Å². The summed E-state index contributed by atoms with van der Waals surface area (Å²) in [6, 6.07) is 14.0. The summed E-state index contributed by atoms with van der Waals surface area (Å²) in [5, 5.41) is 15.3. The molecule has 3 heterocycles. The lowest BCUT2D eigenvalue weighted by atomic mass is 10.1. The van der Waals surface area contributed by atoms with Crippen molar-refractivity contribution >= 4 is 5.69 Å². The minimum Gasteiger partial charge on any atom is -0.378 e. The Bertz CT molecular complexity index is 956. The Morgan fingerprint density at radius 3 is 2.76 bits per heavy atom. The summed E-state index contributed by atoms with van der Waals surface area (Å²) in [5.74, 6) is 0. The Hall–Kier alpha value is -3.41. The number of aromatic nitrogens is 5. The second kappa shape index (κ2) is 6.60. The van der Waals surface area contributed by atoms with Crippen molar-refractivity contribution in [3.05, 3.63) is 78.5 Å². The number of anilines is 1. The third-order valence-corrected chi connectivity index (χ3v) is 4.06. The SMILES string of the molecule is Cc1nn(-c2ccccc2)cc1NCc1cn[nH]c1-c1cccnc1. The van der Waals surface area contributed by atoms with Gasteiger partial charge in [-0.05, 0) is 31.2 Å². The monoisotopic (exact) mass is 330 g/mol. The molecule has 124 valence electrons. The van der Waals surface area contributed by atoms with Gasteiger partial charge in [0.05, 0.1) is 35.2 Å². The summed E-state index contributed by atoms with van der Waals surface area (Å²) in [4.78, 5) is 4.17. The van der Waals surface area contributed by atoms with E-state index >= 15 is 0 Å². The van der Waals surface area contributed by atoms with Gasteiger partial charge in [0.15, 0.2) is 0 Å². The molecule has 6 heteroatoms. The van der Waals surface area contributed by atoms with E-state index in [1.807, 2.05) is 72.7 Å². The van der Waals surface area contributed by atoms with Gasteiger partial charge in [-0.25, -0.2) is 4.68 Å². The molecule has 0 aliphatic carbocycles. The van der Waals surface area contributed by atoms with Crippen LogP contribution in [0, 0.1) is 6.92 Å². The number of H-pyrrole nitrogens is 1. The fraction of sp³-hybridized carbons (Fsp3) is 0.105. The summed E-state index contributed by atoms with van der Waals surface area (Å²) in [6.45, 7) is 2.65. The molecule has 25 heavy (non-hydrogen) atoms. The molecule has 4 rings (SSSR count). The highest BCUT2D eigenvalue weighted by atomic mass is 15.3. The normalized spacial score (nSPS) is 10.8. The average molecular weight is 330 g/mol. The van der Waals surface area contributed by atoms with E-state index in [0.717, 1.165) is 33.9 Å². The summed E-state index contributed by atoms with van der Waals surface area (Å²) in [6.07, 6.45) is 7.44. The summed E-state index contributed by atoms with van der Waals surface area (Å²) >= 11 is 0. The zero-order valence-corrected chi connectivity index (χ0v) is 13.8. The van der Waals surface area contributed by atoms with Crippen LogP contribution < -0.4 is 5.32 Å². The largest absolute Gasteiger partial charge is 0.378 e. The fourth-order valence-electron chi connectivity index (χ4n) is 2.74. The van der Waals surface area contributed by atoms with Crippen molar-refractivity contribution < 1.29 is 0 Å². The van der Waals surface area contributed by atoms with Crippen LogP contribution in [-0.2, 0) is 6.54 Å². The molecule has 6 nitrogen and oxygen atoms in total. The molecule has 0 saturated heterocycles. The van der Waals surface area contributed by atoms with Crippen LogP contribution in [-0.4, -0.2) is 25.0 Å². The van der Waals surface area contributed by atoms with Gasteiger partial charge in [0.2, 0.25) is 0 Å². The number of benzene rings is 1. The number of rotatable bonds is 5. The van der Waals surface area contributed by atoms with E-state index in [-0.39, 0.29) is 0 Å². The minimum absolute atomic E-state index is 0.655. The quantitative estimate of drug-likeness (QED) is 0.587. The maximum absolute atomic E-state index is 4.58. The molecule has 0 bridgehead atoms. The molecule has 0 atom stereocenters. The molecule has 0 unspecified atom stereocenters. The lowest BCUT2D eigenvalue weighted by molar-refractivity contribution is 0.863. The topological polar surface area (TPSA) is 71.4 Å². The molecular formula is C19H18N6. The summed E-state index contributed by atoms with van der Waals surface area (Å²) in [7, 11) is 0. The van der Waals surface area contributed by atoms with Crippen LogP contribution in [0.3, 0.4) is 0 Å². The standard InChI is InChI=1S/C19H18N6/c1-14-18(13-25(24-14)17-7-3-2-4-8-17)21-11-16-12-22-23-19(16)15-6-5-9-20-10-15/h2-10,12-13,21H,11H2,1H3,(H,22,23). The molecule has 1 aromatic carbocycles. The molecular weight excluding hydrogens is 312 g/mol. The van der Waals surface area contributed by atoms with Gasteiger partial charge >= 0.3 is 0 Å². The molecule has 2 N–H and O–H groups in total. The smallest absolute Gasteiger partial charge is 0.0829 e. The highest BCUT2D eigenvalue weighted by Gasteiger charge is 2.10. The van der Waals surface area contributed by atoms with Crippen molar-refractivity contribution in [3.63, 3.8) is 0 Å². The predicted molar refractivity (Wildman–Crippen MR) is 97.4 cm³/mol. The first-order valence-corrected chi connectivity index (χ1v) is 8.09. The highest BCUT2D eigenvalue weighted by molar-refractivity contribution is 5.62. The Morgan fingerprint density at radius 1 is 1.08 bits per heavy atom. The second-order valence-corrected chi connectivity index (χ2v) is 5.77. The van der Waals surface area contributed by atoms with Crippen LogP contribution in [0.15, 0.2) is 67.3 Å². The summed E-state index contributed by atoms with van der Waals surface area (Å²) < 4.78 is 1.88. The molecule has 3 aromatic heterocycles. The number of aryl methyl sites for hydroxylation is 1. The molecule has 0 spiro atoms. The van der Waals surface area contributed by atoms with E-state index in [1.165, 1.54) is 0 Å². The number of aromatic amines is 1. The minimum atomic E-state index is 0.655. The van der Waals surface area contributed by atoms with Crippen molar-refractivity contribution in [1.82, 2.24) is 25.0 Å². The third-order valence-electron chi connectivity index (χ3n) is 4.06. The number of pyridine rings is 1. The first-order valence-electron chi connectivity index (χ1n) is 8.09. The van der Waals surface area contributed by atoms with Gasteiger partial charge in [0.1, 0.15) is 0 Å². The maximum Gasteiger partial charge on any atom is 0.0829 e. The zero-order chi connectivity index (χ0) is 17.1. The number of para-hydroxylation sites is 1. The lowest BCUT2D eigenvalue weighted by Crippen LogP contribution is -2.00. The third kappa shape index (κ3) is 3.14. The van der Waals surface area contributed by atoms with Crippen molar-refractivity contribution in [2.75, 3.05) is 5.32 Å². The van der Waals surface area contributed by atoms with E-state index in [2.05, 4.69) is 25.6 Å². The van der Waals surface area contributed by atoms with Gasteiger partial charge in [-0.15, -0.1) is 0 Å². The first kappa shape index (κ1) is 15.1. The van der Waals surface area contributed by atoms with Crippen LogP contribution >= 0.6 is 0 Å². The van der Waals surface area contributed by atoms with E-state index < -0.39 is 0 Å². The van der Waals surface area contributed by atoms with E-state index in [0.29, 0.717) is 6.54 Å². The molecule has 0 radical (unpaired) electrons. The van der Waals surface area contributed by atoms with Crippen LogP contribution in [0.5, 0.6) is 0 Å². The molecule has 0 saturated carbocycles. The van der Waals surface area contributed by atoms with Crippen molar-refractivity contribution in [2.24, 2.45) is 0 Å². The molecule has 0 amide bonds. The van der Waals surface area contributed by atoms with Crippen LogP contribution in [0.25, 0.3) is 16.9 Å². The average Bonchev–Trinajstić information content (AvgIpc) is 3.28. The Kier molecular flexibility index (Phi) is 4.00. The number of nitrogens with zero attached hydrogens (tertiary/aromatic N) is 4. The van der Waals surface area contributed by atoms with Crippen LogP contribution in [0.2, 0.25) is 0 Å². The molecule has 0 aliphatic rings. The molecule has 0 fully saturated rings. The Balaban J connectivity index is 1.53. The van der Waals surface area contributed by atoms with Crippen molar-refractivity contribution in [2.45, 2.75) is 13.5 Å². The maximum atomic E-state index is 4.58. The van der Waals surface area contributed by atoms with Crippen molar-refractivity contribution in [3.8, 4) is 16.9 Å². The van der Waals surface area contributed by atoms with Gasteiger partial charge in [0, 0.05) is 30.1 Å². The fourth-order valence-corrected chi connectivity index (χ4v) is 2.74. The predicted octanol–water partition coefficient (Wildman–Crippen LogP) is 3.58. The van der Waals surface area contributed by atoms with Gasteiger partial charge in [0.25, 0.3) is 0 Å². The lowest BCUT2D eigenvalue weighted by Gasteiger charge is -2.05. The van der Waals surface area contributed by atoms with Crippen LogP contribution in [0.4, 0.5) is 5.69 Å². The number of nitrogens with one attached hydrogen (secondary N) is 2.